The topological polar surface area (TPSA) is 56.4 Å². The first kappa shape index (κ1) is 17.6. The van der Waals surface area contributed by atoms with Gasteiger partial charge in [-0.05, 0) is 38.1 Å². The molecule has 25 heavy (non-hydrogen) atoms. The van der Waals surface area contributed by atoms with Crippen LogP contribution in [0.3, 0.4) is 0 Å². The van der Waals surface area contributed by atoms with Crippen LogP contribution in [0, 0.1) is 6.92 Å². The Morgan fingerprint density at radius 1 is 1.04 bits per heavy atom. The van der Waals surface area contributed by atoms with Gasteiger partial charge in [0.1, 0.15) is 5.69 Å². The summed E-state index contributed by atoms with van der Waals surface area (Å²) in [5, 5.41) is -0.131. The molecule has 2 heterocycles. The first-order valence-corrected chi connectivity index (χ1v) is 9.37. The Morgan fingerprint density at radius 2 is 1.68 bits per heavy atom. The average Bonchev–Trinajstić information content (AvgIpc) is 3.17. The SMILES string of the molecule is Cc1ccc(S[C@@H](C)C(=O)N2CCN(C(=O)c3ccc[nH]3)CC2)cc1. The Balaban J connectivity index is 1.52. The zero-order valence-electron chi connectivity index (χ0n) is 14.6. The summed E-state index contributed by atoms with van der Waals surface area (Å²) in [7, 11) is 0. The standard InChI is InChI=1S/C19H23N3O2S/c1-14-5-7-16(8-6-14)25-15(2)18(23)21-10-12-22(13-11-21)19(24)17-4-3-9-20-17/h3-9,15,20H,10-13H2,1-2H3/t15-/m0/s1. The van der Waals surface area contributed by atoms with Crippen molar-refractivity contribution in [1.29, 1.82) is 0 Å². The molecule has 3 rings (SSSR count). The van der Waals surface area contributed by atoms with E-state index < -0.39 is 0 Å². The Kier molecular flexibility index (Phi) is 5.48. The van der Waals surface area contributed by atoms with Crippen LogP contribution in [0.15, 0.2) is 47.5 Å². The van der Waals surface area contributed by atoms with Gasteiger partial charge in [0.2, 0.25) is 5.91 Å². The molecule has 1 aliphatic heterocycles. The lowest BCUT2D eigenvalue weighted by Gasteiger charge is -2.35. The first-order chi connectivity index (χ1) is 12.0. The Morgan fingerprint density at radius 3 is 2.28 bits per heavy atom. The van der Waals surface area contributed by atoms with Crippen LogP contribution >= 0.6 is 11.8 Å². The predicted octanol–water partition coefficient (Wildman–Crippen LogP) is 2.79. The molecule has 1 aliphatic rings. The van der Waals surface area contributed by atoms with E-state index in [0.717, 1.165) is 4.90 Å². The average molecular weight is 357 g/mol. The third-order valence-corrected chi connectivity index (χ3v) is 5.49. The molecule has 0 aliphatic carbocycles. The van der Waals surface area contributed by atoms with E-state index in [1.54, 1.807) is 28.9 Å². The Bertz CT molecular complexity index is 720. The van der Waals surface area contributed by atoms with E-state index >= 15 is 0 Å². The number of benzene rings is 1. The highest BCUT2D eigenvalue weighted by Gasteiger charge is 2.28. The van der Waals surface area contributed by atoms with Gasteiger partial charge in [0.05, 0.1) is 5.25 Å². The third-order valence-electron chi connectivity index (χ3n) is 4.39. The lowest BCUT2D eigenvalue weighted by atomic mass is 10.2. The largest absolute Gasteiger partial charge is 0.357 e. The molecule has 1 aromatic heterocycles. The molecule has 2 amide bonds. The van der Waals surface area contributed by atoms with E-state index in [9.17, 15) is 9.59 Å². The number of piperazine rings is 1. The van der Waals surface area contributed by atoms with Gasteiger partial charge < -0.3 is 14.8 Å². The lowest BCUT2D eigenvalue weighted by molar-refractivity contribution is -0.131. The second-order valence-corrected chi connectivity index (χ2v) is 7.69. The molecular weight excluding hydrogens is 334 g/mol. The number of nitrogens with one attached hydrogen (secondary N) is 1. The number of hydrogen-bond acceptors (Lipinski definition) is 3. The summed E-state index contributed by atoms with van der Waals surface area (Å²) >= 11 is 1.58. The molecule has 0 unspecified atom stereocenters. The molecule has 1 aromatic carbocycles. The molecule has 0 saturated carbocycles. The molecule has 132 valence electrons. The number of thioether (sulfide) groups is 1. The third kappa shape index (κ3) is 4.25. The van der Waals surface area contributed by atoms with Crippen molar-refractivity contribution >= 4 is 23.6 Å². The number of carbonyl (C=O) groups excluding carboxylic acids is 2. The van der Waals surface area contributed by atoms with Crippen molar-refractivity contribution in [2.75, 3.05) is 26.2 Å². The number of H-pyrrole nitrogens is 1. The van der Waals surface area contributed by atoms with Crippen molar-refractivity contribution in [3.8, 4) is 0 Å². The molecule has 5 nitrogen and oxygen atoms in total. The molecule has 0 spiro atoms. The number of rotatable bonds is 4. The summed E-state index contributed by atoms with van der Waals surface area (Å²) in [5.41, 5.74) is 1.81. The monoisotopic (exact) mass is 357 g/mol. The lowest BCUT2D eigenvalue weighted by Crippen LogP contribution is -2.52. The highest BCUT2D eigenvalue weighted by atomic mass is 32.2. The van der Waals surface area contributed by atoms with Crippen molar-refractivity contribution in [3.05, 3.63) is 53.9 Å². The minimum absolute atomic E-state index is 0.000761. The van der Waals surface area contributed by atoms with Crippen LogP contribution in [0.25, 0.3) is 0 Å². The van der Waals surface area contributed by atoms with Gasteiger partial charge in [-0.3, -0.25) is 9.59 Å². The summed E-state index contributed by atoms with van der Waals surface area (Å²) in [6, 6.07) is 11.8. The molecule has 1 N–H and O–H groups in total. The normalized spacial score (nSPS) is 15.9. The fourth-order valence-electron chi connectivity index (χ4n) is 2.89. The number of amides is 2. The summed E-state index contributed by atoms with van der Waals surface area (Å²) in [6.07, 6.45) is 1.75. The molecule has 0 bridgehead atoms. The van der Waals surface area contributed by atoms with Gasteiger partial charge in [-0.25, -0.2) is 0 Å². The van der Waals surface area contributed by atoms with Gasteiger partial charge >= 0.3 is 0 Å². The van der Waals surface area contributed by atoms with E-state index in [-0.39, 0.29) is 17.1 Å². The van der Waals surface area contributed by atoms with Gasteiger partial charge in [-0.15, -0.1) is 11.8 Å². The van der Waals surface area contributed by atoms with Crippen LogP contribution in [0.4, 0.5) is 0 Å². The van der Waals surface area contributed by atoms with Crippen molar-refractivity contribution < 1.29 is 9.59 Å². The van der Waals surface area contributed by atoms with Gasteiger partial charge in [0, 0.05) is 37.3 Å². The van der Waals surface area contributed by atoms with Crippen LogP contribution in [0.1, 0.15) is 23.0 Å². The van der Waals surface area contributed by atoms with Crippen LogP contribution in [-0.2, 0) is 4.79 Å². The highest BCUT2D eigenvalue weighted by molar-refractivity contribution is 8.00. The van der Waals surface area contributed by atoms with E-state index in [4.69, 9.17) is 0 Å². The van der Waals surface area contributed by atoms with E-state index in [2.05, 4.69) is 36.2 Å². The second kappa shape index (κ2) is 7.78. The van der Waals surface area contributed by atoms with Crippen molar-refractivity contribution in [1.82, 2.24) is 14.8 Å². The Labute approximate surface area is 152 Å². The van der Waals surface area contributed by atoms with Gasteiger partial charge in [0.15, 0.2) is 0 Å². The molecule has 6 heteroatoms. The molecule has 1 saturated heterocycles. The molecule has 1 atom stereocenters. The summed E-state index contributed by atoms with van der Waals surface area (Å²) < 4.78 is 0. The zero-order chi connectivity index (χ0) is 17.8. The predicted molar refractivity (Wildman–Crippen MR) is 99.8 cm³/mol. The quantitative estimate of drug-likeness (QED) is 0.856. The van der Waals surface area contributed by atoms with Gasteiger partial charge in [0.25, 0.3) is 5.91 Å². The minimum Gasteiger partial charge on any atom is -0.357 e. The van der Waals surface area contributed by atoms with Gasteiger partial charge in [-0.1, -0.05) is 17.7 Å². The zero-order valence-corrected chi connectivity index (χ0v) is 15.4. The summed E-state index contributed by atoms with van der Waals surface area (Å²) in [5.74, 6) is 0.136. The number of aryl methyl sites for hydroxylation is 1. The first-order valence-electron chi connectivity index (χ1n) is 8.49. The van der Waals surface area contributed by atoms with E-state index in [1.165, 1.54) is 5.56 Å². The number of hydrogen-bond donors (Lipinski definition) is 1. The van der Waals surface area contributed by atoms with Crippen LogP contribution in [0.5, 0.6) is 0 Å². The highest BCUT2D eigenvalue weighted by Crippen LogP contribution is 2.25. The molecular formula is C19H23N3O2S. The van der Waals surface area contributed by atoms with Crippen LogP contribution in [0.2, 0.25) is 0 Å². The number of nitrogens with zero attached hydrogens (tertiary/aromatic N) is 2. The fourth-order valence-corrected chi connectivity index (χ4v) is 3.84. The van der Waals surface area contributed by atoms with E-state index in [0.29, 0.717) is 31.9 Å². The van der Waals surface area contributed by atoms with E-state index in [1.807, 2.05) is 17.9 Å². The number of aromatic nitrogens is 1. The molecule has 1 fully saturated rings. The van der Waals surface area contributed by atoms with Crippen LogP contribution in [-0.4, -0.2) is 58.0 Å². The second-order valence-electron chi connectivity index (χ2n) is 6.27. The number of carbonyl (C=O) groups is 2. The molecule has 0 radical (unpaired) electrons. The van der Waals surface area contributed by atoms with Crippen molar-refractivity contribution in [3.63, 3.8) is 0 Å². The smallest absolute Gasteiger partial charge is 0.270 e. The maximum Gasteiger partial charge on any atom is 0.270 e. The van der Waals surface area contributed by atoms with Crippen molar-refractivity contribution in [2.24, 2.45) is 0 Å². The maximum absolute atomic E-state index is 12.7. The summed E-state index contributed by atoms with van der Waals surface area (Å²) in [4.78, 5) is 32.7. The molecule has 2 aromatic rings. The Hall–Kier alpha value is -2.21. The van der Waals surface area contributed by atoms with Gasteiger partial charge in [-0.2, -0.15) is 0 Å². The van der Waals surface area contributed by atoms with Crippen molar-refractivity contribution in [2.45, 2.75) is 24.0 Å². The fraction of sp³-hybridized carbons (Fsp3) is 0.368. The minimum atomic E-state index is -0.131. The van der Waals surface area contributed by atoms with Crippen LogP contribution < -0.4 is 0 Å². The number of aromatic amines is 1. The maximum atomic E-state index is 12.7. The summed E-state index contributed by atoms with van der Waals surface area (Å²) in [6.45, 7) is 6.32.